The largest absolute Gasteiger partial charge is 0.378 e. The van der Waals surface area contributed by atoms with Gasteiger partial charge < -0.3 is 4.74 Å². The number of rotatable bonds is 5. The van der Waals surface area contributed by atoms with E-state index in [2.05, 4.69) is 10.1 Å². The standard InChI is InChI=1S/C23H26N6O4S/c1-5-28-13-17(11-25-28)29-22(30)20-15(2)8-19(26-21(20)23(29)6-7-33-14-23)16-9-18(12-24-10-16)34(31,32)27(3)4/h8-13H,5-7,14H2,1-4H3/t23-/m1/s1. The highest BCUT2D eigenvalue weighted by Crippen LogP contribution is 2.47. The minimum Gasteiger partial charge on any atom is -0.378 e. The number of nitrogens with zero attached hydrogens (tertiary/aromatic N) is 6. The lowest BCUT2D eigenvalue weighted by molar-refractivity contribution is 0.0967. The van der Waals surface area contributed by atoms with Gasteiger partial charge in [-0.05, 0) is 31.5 Å². The number of anilines is 1. The van der Waals surface area contributed by atoms with Crippen LogP contribution in [0.1, 0.15) is 35.0 Å². The van der Waals surface area contributed by atoms with Crippen molar-refractivity contribution < 1.29 is 17.9 Å². The number of carbonyl (C=O) groups excluding carboxylic acids is 1. The van der Waals surface area contributed by atoms with E-state index in [-0.39, 0.29) is 10.8 Å². The van der Waals surface area contributed by atoms with Gasteiger partial charge in [-0.25, -0.2) is 17.7 Å². The van der Waals surface area contributed by atoms with Gasteiger partial charge in [0.05, 0.1) is 35.4 Å². The Bertz CT molecular complexity index is 1390. The number of hydrogen-bond acceptors (Lipinski definition) is 7. The van der Waals surface area contributed by atoms with E-state index in [1.165, 1.54) is 20.3 Å². The first-order valence-corrected chi connectivity index (χ1v) is 12.5. The van der Waals surface area contributed by atoms with E-state index in [0.717, 1.165) is 9.87 Å². The molecule has 1 atom stereocenters. The number of aromatic nitrogens is 4. The first kappa shape index (κ1) is 22.6. The topological polar surface area (TPSA) is 111 Å². The molecule has 10 nitrogen and oxygen atoms in total. The van der Waals surface area contributed by atoms with E-state index < -0.39 is 15.6 Å². The van der Waals surface area contributed by atoms with E-state index in [4.69, 9.17) is 9.72 Å². The molecule has 3 aromatic rings. The van der Waals surface area contributed by atoms with Gasteiger partial charge in [0.2, 0.25) is 10.0 Å². The van der Waals surface area contributed by atoms with Crippen LogP contribution in [0, 0.1) is 6.92 Å². The molecule has 0 bridgehead atoms. The van der Waals surface area contributed by atoms with Crippen LogP contribution >= 0.6 is 0 Å². The summed E-state index contributed by atoms with van der Waals surface area (Å²) in [5.74, 6) is -0.130. The van der Waals surface area contributed by atoms with Gasteiger partial charge in [0.25, 0.3) is 5.91 Å². The maximum atomic E-state index is 13.7. The third-order valence-corrected chi connectivity index (χ3v) is 8.27. The zero-order valence-electron chi connectivity index (χ0n) is 19.5. The van der Waals surface area contributed by atoms with Gasteiger partial charge in [0.1, 0.15) is 10.4 Å². The van der Waals surface area contributed by atoms with Gasteiger partial charge in [-0.2, -0.15) is 5.10 Å². The molecular weight excluding hydrogens is 456 g/mol. The van der Waals surface area contributed by atoms with Crippen LogP contribution < -0.4 is 4.90 Å². The number of fused-ring (bicyclic) bond motifs is 2. The molecule has 1 fully saturated rings. The molecule has 3 aromatic heterocycles. The fourth-order valence-corrected chi connectivity index (χ4v) is 5.56. The van der Waals surface area contributed by atoms with E-state index in [9.17, 15) is 13.2 Å². The fourth-order valence-electron chi connectivity index (χ4n) is 4.67. The highest BCUT2D eigenvalue weighted by molar-refractivity contribution is 7.89. The third kappa shape index (κ3) is 3.26. The summed E-state index contributed by atoms with van der Waals surface area (Å²) in [5, 5.41) is 4.36. The van der Waals surface area contributed by atoms with Crippen LogP contribution in [-0.2, 0) is 26.8 Å². The highest BCUT2D eigenvalue weighted by atomic mass is 32.2. The van der Waals surface area contributed by atoms with Gasteiger partial charge in [0, 0.05) is 57.8 Å². The lowest BCUT2D eigenvalue weighted by Gasteiger charge is -2.32. The summed E-state index contributed by atoms with van der Waals surface area (Å²) >= 11 is 0. The fraction of sp³-hybridized carbons (Fsp3) is 0.391. The summed E-state index contributed by atoms with van der Waals surface area (Å²) in [7, 11) is -0.700. The van der Waals surface area contributed by atoms with Crippen molar-refractivity contribution in [1.29, 1.82) is 0 Å². The van der Waals surface area contributed by atoms with Gasteiger partial charge in [0.15, 0.2) is 0 Å². The van der Waals surface area contributed by atoms with E-state index in [1.807, 2.05) is 26.1 Å². The van der Waals surface area contributed by atoms with E-state index in [1.54, 1.807) is 28.0 Å². The predicted octanol–water partition coefficient (Wildman–Crippen LogP) is 2.19. The van der Waals surface area contributed by atoms with Crippen molar-refractivity contribution in [3.63, 3.8) is 0 Å². The second-order valence-corrected chi connectivity index (χ2v) is 10.9. The summed E-state index contributed by atoms with van der Waals surface area (Å²) in [4.78, 5) is 24.6. The minimum absolute atomic E-state index is 0.0820. The third-order valence-electron chi connectivity index (χ3n) is 6.49. The molecule has 11 heteroatoms. The zero-order valence-corrected chi connectivity index (χ0v) is 20.3. The molecule has 0 aliphatic carbocycles. The maximum absolute atomic E-state index is 13.7. The Kier molecular flexibility index (Phi) is 5.30. The van der Waals surface area contributed by atoms with Crippen molar-refractivity contribution in [3.05, 3.63) is 53.7 Å². The number of aryl methyl sites for hydroxylation is 2. The Morgan fingerprint density at radius 2 is 2.00 bits per heavy atom. The Morgan fingerprint density at radius 1 is 1.21 bits per heavy atom. The number of pyridine rings is 2. The van der Waals surface area contributed by atoms with Gasteiger partial charge in [-0.15, -0.1) is 0 Å². The molecule has 0 aromatic carbocycles. The van der Waals surface area contributed by atoms with Crippen molar-refractivity contribution in [2.24, 2.45) is 0 Å². The molecule has 2 aliphatic rings. The van der Waals surface area contributed by atoms with Gasteiger partial charge in [-0.1, -0.05) is 0 Å². The lowest BCUT2D eigenvalue weighted by atomic mass is 9.91. The molecule has 1 saturated heterocycles. The number of carbonyl (C=O) groups is 1. The van der Waals surface area contributed by atoms with Gasteiger partial charge in [-0.3, -0.25) is 19.4 Å². The van der Waals surface area contributed by atoms with Crippen molar-refractivity contribution in [3.8, 4) is 11.3 Å². The van der Waals surface area contributed by atoms with E-state index in [0.29, 0.717) is 54.4 Å². The monoisotopic (exact) mass is 482 g/mol. The lowest BCUT2D eigenvalue weighted by Crippen LogP contribution is -2.45. The molecule has 178 valence electrons. The molecule has 1 spiro atoms. The molecule has 0 N–H and O–H groups in total. The second-order valence-electron chi connectivity index (χ2n) is 8.77. The number of hydrogen-bond donors (Lipinski definition) is 0. The molecule has 0 unspecified atom stereocenters. The van der Waals surface area contributed by atoms with Crippen LogP contribution in [0.15, 0.2) is 41.8 Å². The predicted molar refractivity (Wildman–Crippen MR) is 125 cm³/mol. The first-order chi connectivity index (χ1) is 16.2. The highest BCUT2D eigenvalue weighted by Gasteiger charge is 2.55. The zero-order chi connectivity index (χ0) is 24.3. The van der Waals surface area contributed by atoms with E-state index >= 15 is 0 Å². The number of ether oxygens (including phenoxy) is 1. The summed E-state index contributed by atoms with van der Waals surface area (Å²) in [6.45, 7) is 5.39. The van der Waals surface area contributed by atoms with Gasteiger partial charge >= 0.3 is 0 Å². The first-order valence-electron chi connectivity index (χ1n) is 11.0. The van der Waals surface area contributed by atoms with Crippen molar-refractivity contribution in [1.82, 2.24) is 24.1 Å². The molecule has 5 heterocycles. The van der Waals surface area contributed by atoms with Crippen LogP contribution in [0.25, 0.3) is 11.3 Å². The average molecular weight is 483 g/mol. The SMILES string of the molecule is CCn1cc(N2C(=O)c3c(C)cc(-c4cncc(S(=O)(=O)N(C)C)c4)nc3[C@]23CCOC3)cn1. The number of sulfonamides is 1. The van der Waals surface area contributed by atoms with Crippen LogP contribution in [0.2, 0.25) is 0 Å². The summed E-state index contributed by atoms with van der Waals surface area (Å²) in [5.41, 5.74) is 3.06. The molecule has 5 rings (SSSR count). The molecule has 2 aliphatic heterocycles. The molecule has 0 saturated carbocycles. The summed E-state index contributed by atoms with van der Waals surface area (Å²) in [6, 6.07) is 3.37. The van der Waals surface area contributed by atoms with Crippen LogP contribution in [0.5, 0.6) is 0 Å². The molecular formula is C23H26N6O4S. The summed E-state index contributed by atoms with van der Waals surface area (Å²) < 4.78 is 34.0. The minimum atomic E-state index is -3.65. The molecule has 0 radical (unpaired) electrons. The van der Waals surface area contributed by atoms with Crippen LogP contribution in [0.3, 0.4) is 0 Å². The Hall–Kier alpha value is -3.15. The Morgan fingerprint density at radius 3 is 2.65 bits per heavy atom. The normalized spacial score (nSPS) is 20.0. The number of amides is 1. The van der Waals surface area contributed by atoms with Crippen LogP contribution in [-0.4, -0.2) is 65.7 Å². The Labute approximate surface area is 198 Å². The maximum Gasteiger partial charge on any atom is 0.261 e. The Balaban J connectivity index is 1.66. The van der Waals surface area contributed by atoms with Crippen LogP contribution in [0.4, 0.5) is 5.69 Å². The van der Waals surface area contributed by atoms with Crippen molar-refractivity contribution in [2.75, 3.05) is 32.2 Å². The molecule has 34 heavy (non-hydrogen) atoms. The average Bonchev–Trinajstić information content (AvgIpc) is 3.54. The molecule has 1 amide bonds. The second kappa shape index (κ2) is 7.97. The van der Waals surface area contributed by atoms with Crippen molar-refractivity contribution in [2.45, 2.75) is 37.2 Å². The quantitative estimate of drug-likeness (QED) is 0.548. The van der Waals surface area contributed by atoms with Crippen molar-refractivity contribution >= 4 is 21.6 Å². The smallest absolute Gasteiger partial charge is 0.261 e. The summed E-state index contributed by atoms with van der Waals surface area (Å²) in [6.07, 6.45) is 7.07.